The van der Waals surface area contributed by atoms with Gasteiger partial charge in [-0.2, -0.15) is 13.2 Å². The molecule has 1 aromatic rings. The second-order valence-electron chi connectivity index (χ2n) is 3.91. The number of carbonyl (C=O) groups is 1. The van der Waals surface area contributed by atoms with Crippen molar-refractivity contribution in [3.05, 3.63) is 33.8 Å². The molecule has 0 aromatic heterocycles. The van der Waals surface area contributed by atoms with Crippen LogP contribution in [0.25, 0.3) is 0 Å². The summed E-state index contributed by atoms with van der Waals surface area (Å²) in [5.74, 6) is -0.359. The molecule has 0 atom stereocenters. The zero-order valence-corrected chi connectivity index (χ0v) is 11.8. The van der Waals surface area contributed by atoms with E-state index in [-0.39, 0.29) is 19.1 Å². The third kappa shape index (κ3) is 6.07. The third-order valence-electron chi connectivity index (χ3n) is 2.17. The number of rotatable bonds is 5. The Morgan fingerprint density at radius 2 is 2.11 bits per heavy atom. The molecule has 0 aliphatic heterocycles. The van der Waals surface area contributed by atoms with Crippen molar-refractivity contribution in [3.63, 3.8) is 0 Å². The van der Waals surface area contributed by atoms with E-state index in [1.807, 2.05) is 6.92 Å². The zero-order chi connectivity index (χ0) is 14.5. The van der Waals surface area contributed by atoms with E-state index in [0.29, 0.717) is 10.0 Å². The maximum Gasteiger partial charge on any atom is 0.411 e. The summed E-state index contributed by atoms with van der Waals surface area (Å²) in [4.78, 5) is 11.7. The molecular formula is C12H13BrF3NO2. The average Bonchev–Trinajstić information content (AvgIpc) is 2.26. The lowest BCUT2D eigenvalue weighted by Gasteiger charge is -2.09. The van der Waals surface area contributed by atoms with Crippen LogP contribution in [0.3, 0.4) is 0 Å². The molecule has 3 nitrogen and oxygen atoms in total. The maximum absolute atomic E-state index is 11.8. The van der Waals surface area contributed by atoms with Gasteiger partial charge in [0.25, 0.3) is 5.91 Å². The standard InChI is InChI=1S/C12H13BrF3NO2/c1-8-2-3-9(10(13)6-8)11(18)17-4-5-19-7-12(14,15)16/h2-3,6H,4-5,7H2,1H3,(H,17,18). The van der Waals surface area contributed by atoms with E-state index in [4.69, 9.17) is 0 Å². The SMILES string of the molecule is Cc1ccc(C(=O)NCCOCC(F)(F)F)c(Br)c1. The van der Waals surface area contributed by atoms with E-state index in [1.165, 1.54) is 0 Å². The number of nitrogens with one attached hydrogen (secondary N) is 1. The van der Waals surface area contributed by atoms with Gasteiger partial charge >= 0.3 is 6.18 Å². The largest absolute Gasteiger partial charge is 0.411 e. The first-order valence-corrected chi connectivity index (χ1v) is 6.28. The first-order chi connectivity index (χ1) is 8.79. The molecule has 0 radical (unpaired) electrons. The number of ether oxygens (including phenoxy) is 1. The molecule has 0 unspecified atom stereocenters. The molecular weight excluding hydrogens is 327 g/mol. The molecule has 0 aliphatic rings. The molecule has 1 N–H and O–H groups in total. The third-order valence-corrected chi connectivity index (χ3v) is 2.82. The molecule has 0 heterocycles. The number of halogens is 4. The lowest BCUT2D eigenvalue weighted by molar-refractivity contribution is -0.173. The number of alkyl halides is 3. The fourth-order valence-corrected chi connectivity index (χ4v) is 2.00. The van der Waals surface area contributed by atoms with Crippen molar-refractivity contribution in [3.8, 4) is 0 Å². The Morgan fingerprint density at radius 3 is 2.68 bits per heavy atom. The first-order valence-electron chi connectivity index (χ1n) is 5.48. The van der Waals surface area contributed by atoms with E-state index >= 15 is 0 Å². The van der Waals surface area contributed by atoms with Crippen molar-refractivity contribution < 1.29 is 22.7 Å². The predicted octanol–water partition coefficient (Wildman–Crippen LogP) is 3.07. The maximum atomic E-state index is 11.8. The molecule has 1 amide bonds. The van der Waals surface area contributed by atoms with Gasteiger partial charge in [0.2, 0.25) is 0 Å². The van der Waals surface area contributed by atoms with Crippen molar-refractivity contribution in [1.82, 2.24) is 5.32 Å². The Kier molecular flexibility index (Phi) is 5.81. The molecule has 0 saturated heterocycles. The molecule has 1 rings (SSSR count). The fraction of sp³-hybridized carbons (Fsp3) is 0.417. The number of carbonyl (C=O) groups excluding carboxylic acids is 1. The van der Waals surface area contributed by atoms with Crippen LogP contribution in [-0.2, 0) is 4.74 Å². The van der Waals surface area contributed by atoms with Crippen molar-refractivity contribution in [2.75, 3.05) is 19.8 Å². The quantitative estimate of drug-likeness (QED) is 0.837. The first kappa shape index (κ1) is 16.0. The van der Waals surface area contributed by atoms with Crippen molar-refractivity contribution in [1.29, 1.82) is 0 Å². The van der Waals surface area contributed by atoms with Crippen molar-refractivity contribution >= 4 is 21.8 Å². The summed E-state index contributed by atoms with van der Waals surface area (Å²) in [5, 5.41) is 2.48. The van der Waals surface area contributed by atoms with Crippen LogP contribution in [0, 0.1) is 6.92 Å². The lowest BCUT2D eigenvalue weighted by atomic mass is 10.1. The molecule has 0 spiro atoms. The molecule has 19 heavy (non-hydrogen) atoms. The number of hydrogen-bond donors (Lipinski definition) is 1. The normalized spacial score (nSPS) is 11.4. The number of hydrogen-bond acceptors (Lipinski definition) is 2. The van der Waals surface area contributed by atoms with Crippen LogP contribution in [0.1, 0.15) is 15.9 Å². The van der Waals surface area contributed by atoms with E-state index in [2.05, 4.69) is 26.0 Å². The second kappa shape index (κ2) is 6.91. The second-order valence-corrected chi connectivity index (χ2v) is 4.76. The molecule has 0 bridgehead atoms. The van der Waals surface area contributed by atoms with E-state index in [9.17, 15) is 18.0 Å². The van der Waals surface area contributed by atoms with E-state index in [1.54, 1.807) is 18.2 Å². The summed E-state index contributed by atoms with van der Waals surface area (Å²) >= 11 is 3.26. The Balaban J connectivity index is 2.36. The summed E-state index contributed by atoms with van der Waals surface area (Å²) in [5.41, 5.74) is 1.43. The van der Waals surface area contributed by atoms with Crippen LogP contribution in [0.15, 0.2) is 22.7 Å². The summed E-state index contributed by atoms with van der Waals surface area (Å²) < 4.78 is 40.4. The van der Waals surface area contributed by atoms with Crippen LogP contribution in [0.4, 0.5) is 13.2 Å². The Morgan fingerprint density at radius 1 is 1.42 bits per heavy atom. The highest BCUT2D eigenvalue weighted by Crippen LogP contribution is 2.18. The highest BCUT2D eigenvalue weighted by atomic mass is 79.9. The lowest BCUT2D eigenvalue weighted by Crippen LogP contribution is -2.29. The molecule has 106 valence electrons. The van der Waals surface area contributed by atoms with Gasteiger partial charge in [0.15, 0.2) is 0 Å². The van der Waals surface area contributed by atoms with Crippen molar-refractivity contribution in [2.45, 2.75) is 13.1 Å². The topological polar surface area (TPSA) is 38.3 Å². The van der Waals surface area contributed by atoms with Crippen LogP contribution < -0.4 is 5.32 Å². The van der Waals surface area contributed by atoms with E-state index < -0.39 is 12.8 Å². The van der Waals surface area contributed by atoms with Gasteiger partial charge in [-0.3, -0.25) is 4.79 Å². The Labute approximate surface area is 117 Å². The van der Waals surface area contributed by atoms with Gasteiger partial charge in [-0.1, -0.05) is 6.07 Å². The van der Waals surface area contributed by atoms with Gasteiger partial charge < -0.3 is 10.1 Å². The average molecular weight is 340 g/mol. The monoisotopic (exact) mass is 339 g/mol. The predicted molar refractivity (Wildman–Crippen MR) is 68.1 cm³/mol. The van der Waals surface area contributed by atoms with Gasteiger partial charge in [-0.25, -0.2) is 0 Å². The fourth-order valence-electron chi connectivity index (χ4n) is 1.32. The minimum atomic E-state index is -4.34. The van der Waals surface area contributed by atoms with Crippen molar-refractivity contribution in [2.24, 2.45) is 0 Å². The van der Waals surface area contributed by atoms with Gasteiger partial charge in [0.1, 0.15) is 6.61 Å². The summed E-state index contributed by atoms with van der Waals surface area (Å²) in [6, 6.07) is 5.21. The zero-order valence-electron chi connectivity index (χ0n) is 10.2. The number of benzene rings is 1. The molecule has 0 saturated carbocycles. The summed E-state index contributed by atoms with van der Waals surface area (Å²) in [6.45, 7) is 0.415. The van der Waals surface area contributed by atoms with Crippen LogP contribution >= 0.6 is 15.9 Å². The van der Waals surface area contributed by atoms with Crippen LogP contribution in [0.2, 0.25) is 0 Å². The Bertz CT molecular complexity index is 449. The molecule has 0 aliphatic carbocycles. The Hall–Kier alpha value is -1.08. The number of amides is 1. The molecule has 1 aromatic carbocycles. The highest BCUT2D eigenvalue weighted by Gasteiger charge is 2.27. The smallest absolute Gasteiger partial charge is 0.370 e. The van der Waals surface area contributed by atoms with Crippen LogP contribution in [-0.4, -0.2) is 31.8 Å². The van der Waals surface area contributed by atoms with Gasteiger partial charge in [0, 0.05) is 11.0 Å². The molecule has 7 heteroatoms. The van der Waals surface area contributed by atoms with Gasteiger partial charge in [0.05, 0.1) is 12.2 Å². The number of aryl methyl sites for hydroxylation is 1. The molecule has 0 fully saturated rings. The minimum absolute atomic E-state index is 0.0230. The van der Waals surface area contributed by atoms with Crippen LogP contribution in [0.5, 0.6) is 0 Å². The van der Waals surface area contributed by atoms with Gasteiger partial charge in [-0.15, -0.1) is 0 Å². The van der Waals surface area contributed by atoms with E-state index in [0.717, 1.165) is 5.56 Å². The van der Waals surface area contributed by atoms with Gasteiger partial charge in [-0.05, 0) is 40.5 Å². The highest BCUT2D eigenvalue weighted by molar-refractivity contribution is 9.10. The summed E-state index contributed by atoms with van der Waals surface area (Å²) in [6.07, 6.45) is -4.34. The minimum Gasteiger partial charge on any atom is -0.370 e. The summed E-state index contributed by atoms with van der Waals surface area (Å²) in [7, 11) is 0.